The first-order chi connectivity index (χ1) is 36.5. The lowest BCUT2D eigenvalue weighted by molar-refractivity contribution is 0.490. The van der Waals surface area contributed by atoms with Crippen LogP contribution in [0.3, 0.4) is 0 Å². The van der Waals surface area contributed by atoms with Gasteiger partial charge in [0.15, 0.2) is 8.07 Å². The summed E-state index contributed by atoms with van der Waals surface area (Å²) in [6, 6.07) is 75.6. The van der Waals surface area contributed by atoms with Crippen LogP contribution in [0.4, 0.5) is 0 Å². The van der Waals surface area contributed by atoms with Crippen molar-refractivity contribution in [1.29, 1.82) is 0 Å². The van der Waals surface area contributed by atoms with Gasteiger partial charge in [0.2, 0.25) is 5.78 Å². The van der Waals surface area contributed by atoms with Crippen molar-refractivity contribution >= 4 is 75.1 Å². The summed E-state index contributed by atoms with van der Waals surface area (Å²) in [5, 5.41) is 4.19. The molecule has 0 bridgehead atoms. The maximum absolute atomic E-state index is 9.68. The third kappa shape index (κ3) is 5.69. The van der Waals surface area contributed by atoms with E-state index in [1.54, 1.807) is 18.2 Å². The summed E-state index contributed by atoms with van der Waals surface area (Å²) < 4.78 is 69.5. The van der Waals surface area contributed by atoms with Crippen LogP contribution in [-0.2, 0) is 0 Å². The number of hydrogen-bond acceptors (Lipinski definition) is 3. The number of imidazole rings is 2. The van der Waals surface area contributed by atoms with Crippen LogP contribution in [-0.4, -0.2) is 35.1 Å². The number of aromatic nitrogens is 4. The van der Waals surface area contributed by atoms with Crippen LogP contribution in [0, 0.1) is 0 Å². The largest absolute Gasteiger partial charge is 0.458 e. The van der Waals surface area contributed by atoms with Crippen LogP contribution >= 0.6 is 0 Å². The Morgan fingerprint density at radius 1 is 0.478 bits per heavy atom. The lowest BCUT2D eigenvalue weighted by Gasteiger charge is -2.40. The van der Waals surface area contributed by atoms with E-state index in [1.165, 1.54) is 0 Å². The summed E-state index contributed by atoms with van der Waals surface area (Å²) in [5.74, 6) is 1.13. The lowest BCUT2D eigenvalue weighted by atomic mass is 9.83. The summed E-state index contributed by atoms with van der Waals surface area (Å²) in [6.07, 6.45) is 1.85. The van der Waals surface area contributed by atoms with Gasteiger partial charge in [0.1, 0.15) is 19.6 Å². The summed E-state index contributed by atoms with van der Waals surface area (Å²) in [7, 11) is -8.65. The Balaban J connectivity index is 1.07. The van der Waals surface area contributed by atoms with E-state index in [4.69, 9.17) is 14.7 Å². The van der Waals surface area contributed by atoms with E-state index >= 15 is 0 Å². The molecule has 0 fully saturated rings. The minimum absolute atomic E-state index is 0.188. The van der Waals surface area contributed by atoms with Gasteiger partial charge in [-0.3, -0.25) is 14.0 Å². The van der Waals surface area contributed by atoms with Crippen LogP contribution in [0.15, 0.2) is 231 Å². The molecule has 3 aromatic heterocycles. The molecule has 0 N–H and O–H groups in total. The number of fused-ring (bicyclic) bond motifs is 15. The molecule has 7 heteroatoms. The van der Waals surface area contributed by atoms with Gasteiger partial charge in [0.25, 0.3) is 0 Å². The zero-order chi connectivity index (χ0) is 50.8. The van der Waals surface area contributed by atoms with Crippen molar-refractivity contribution in [2.75, 3.05) is 0 Å². The fraction of sp³-hybridized carbons (Fsp3) is 0.0323. The van der Waals surface area contributed by atoms with Crippen molar-refractivity contribution in [2.24, 2.45) is 0 Å². The van der Waals surface area contributed by atoms with Crippen molar-refractivity contribution in [3.8, 4) is 61.8 Å². The van der Waals surface area contributed by atoms with E-state index < -0.39 is 29.1 Å². The molecule has 0 spiro atoms. The Morgan fingerprint density at radius 2 is 1.10 bits per heavy atom. The molecular formula is C62H44N4OSi2. The molecule has 5 nitrogen and oxygen atoms in total. The summed E-state index contributed by atoms with van der Waals surface area (Å²) in [5.41, 5.74) is 12.3. The fourth-order valence-corrected chi connectivity index (χ4v) is 18.5. The fourth-order valence-electron chi connectivity index (χ4n) is 11.4. The number of ether oxygens (including phenoxy) is 1. The van der Waals surface area contributed by atoms with Crippen molar-refractivity contribution in [3.63, 3.8) is 0 Å². The Morgan fingerprint density at radius 3 is 1.83 bits per heavy atom. The third-order valence-corrected chi connectivity index (χ3v) is 21.6. The monoisotopic (exact) mass is 922 g/mol. The van der Waals surface area contributed by atoms with Gasteiger partial charge in [-0.05, 0) is 107 Å². The molecule has 326 valence electrons. The second kappa shape index (κ2) is 15.1. The Labute approximate surface area is 410 Å². The summed E-state index contributed by atoms with van der Waals surface area (Å²) in [6.45, 7) is -5.96. The Bertz CT molecular complexity index is 4220. The lowest BCUT2D eigenvalue weighted by Crippen LogP contribution is -2.75. The average Bonchev–Trinajstić information content (AvgIpc) is 3.98. The zero-order valence-corrected chi connectivity index (χ0v) is 39.1. The second-order valence-corrected chi connectivity index (χ2v) is 24.4. The Kier molecular flexibility index (Phi) is 7.43. The van der Waals surface area contributed by atoms with E-state index in [0.717, 1.165) is 87.5 Å². The van der Waals surface area contributed by atoms with Gasteiger partial charge in [-0.25, -0.2) is 4.98 Å². The topological polar surface area (TPSA) is 44.4 Å². The van der Waals surface area contributed by atoms with Gasteiger partial charge < -0.3 is 4.74 Å². The highest BCUT2D eigenvalue weighted by molar-refractivity contribution is 7.20. The highest BCUT2D eigenvalue weighted by Crippen LogP contribution is 2.47. The van der Waals surface area contributed by atoms with Gasteiger partial charge in [-0.1, -0.05) is 189 Å². The quantitative estimate of drug-likeness (QED) is 0.128. The van der Waals surface area contributed by atoms with Crippen LogP contribution in [0.2, 0.25) is 13.0 Å². The van der Waals surface area contributed by atoms with E-state index in [1.807, 2.05) is 120 Å². The van der Waals surface area contributed by atoms with Crippen LogP contribution in [0.5, 0.6) is 11.5 Å². The smallest absolute Gasteiger partial charge is 0.220 e. The van der Waals surface area contributed by atoms with E-state index in [2.05, 4.69) is 101 Å². The van der Waals surface area contributed by atoms with Crippen molar-refractivity contribution < 1.29 is 13.0 Å². The highest BCUT2D eigenvalue weighted by Gasteiger charge is 2.47. The molecule has 0 saturated carbocycles. The van der Waals surface area contributed by atoms with Gasteiger partial charge in [-0.2, -0.15) is 0 Å². The molecule has 0 atom stereocenters. The molecule has 14 rings (SSSR count). The average molecular weight is 923 g/mol. The number of benzene rings is 9. The van der Waals surface area contributed by atoms with Crippen molar-refractivity contribution in [2.45, 2.75) is 13.0 Å². The number of rotatable bonds is 5. The SMILES string of the molecule is [2H]C([2H])([2H])[Si]1(C([2H])([2H])[2H])c2cc(-n3c4ccccc4n4c5ccccc5nc34)ccc2Oc2c([Si](c3ccccc3)(c3ccccc3)c3ccc4c(c3)-c3ccccc3-c3ccccc3-c3cccnc3-4)cccc21. The van der Waals surface area contributed by atoms with Crippen molar-refractivity contribution in [3.05, 3.63) is 231 Å². The van der Waals surface area contributed by atoms with Gasteiger partial charge in [0.05, 0.1) is 27.8 Å². The number of para-hydroxylation sites is 5. The molecule has 12 aromatic rings. The van der Waals surface area contributed by atoms with E-state index in [0.29, 0.717) is 11.5 Å². The molecule has 4 heterocycles. The molecule has 1 aliphatic heterocycles. The van der Waals surface area contributed by atoms with Crippen LogP contribution in [0.1, 0.15) is 8.22 Å². The molecule has 0 saturated heterocycles. The molecule has 2 aliphatic rings. The van der Waals surface area contributed by atoms with E-state index in [-0.39, 0.29) is 21.9 Å². The first kappa shape index (κ1) is 34.0. The van der Waals surface area contributed by atoms with Gasteiger partial charge in [0, 0.05) is 31.2 Å². The Hall–Kier alpha value is -8.37. The minimum Gasteiger partial charge on any atom is -0.458 e. The molecule has 0 radical (unpaired) electrons. The maximum atomic E-state index is 9.68. The molecule has 1 aliphatic carbocycles. The minimum atomic E-state index is -4.96. The van der Waals surface area contributed by atoms with Crippen molar-refractivity contribution in [1.82, 2.24) is 18.9 Å². The van der Waals surface area contributed by atoms with Crippen LogP contribution in [0.25, 0.3) is 78.2 Å². The molecule has 0 unspecified atom stereocenters. The van der Waals surface area contributed by atoms with E-state index in [9.17, 15) is 8.22 Å². The second-order valence-electron chi connectivity index (χ2n) is 18.0. The molecular weight excluding hydrogens is 873 g/mol. The third-order valence-electron chi connectivity index (χ3n) is 14.4. The van der Waals surface area contributed by atoms with Crippen LogP contribution < -0.4 is 35.9 Å². The highest BCUT2D eigenvalue weighted by atomic mass is 28.3. The van der Waals surface area contributed by atoms with Gasteiger partial charge in [-0.15, -0.1) is 0 Å². The molecule has 9 aromatic carbocycles. The summed E-state index contributed by atoms with van der Waals surface area (Å²) in [4.78, 5) is 10.2. The molecule has 69 heavy (non-hydrogen) atoms. The predicted octanol–water partition coefficient (Wildman–Crippen LogP) is 11.1. The standard InChI is InChI=1S/C62H44N4OSi2/c1-68(2)57-32-17-33-58(61(57)67-56-37-34-41(39-59(56)68)65-54-30-15-16-31-55(54)66-53-29-14-13-28-52(53)64-62(65)66)69(42-19-5-3-6-20-42,43-21-7-4-8-22-43)44-35-36-50-51(40-44)48-26-12-10-24-46(48)45-23-9-11-25-47(45)49-27-18-38-63-60(49)50/h3-40H,1-2H3/i1D3,2D3. The zero-order valence-electron chi connectivity index (χ0n) is 43.1. The normalized spacial score (nSPS) is 15.0. The first-order valence-corrected chi connectivity index (χ1v) is 27.2. The molecule has 0 amide bonds. The number of hydrogen-bond donors (Lipinski definition) is 0. The number of nitrogens with zero attached hydrogens (tertiary/aromatic N) is 4. The predicted molar refractivity (Wildman–Crippen MR) is 290 cm³/mol. The summed E-state index contributed by atoms with van der Waals surface area (Å²) >= 11 is 0. The number of pyridine rings is 1. The van der Waals surface area contributed by atoms with Gasteiger partial charge >= 0.3 is 0 Å². The maximum Gasteiger partial charge on any atom is 0.220 e. The first-order valence-electron chi connectivity index (χ1n) is 26.2.